The Hall–Kier alpha value is -2.28. The van der Waals surface area contributed by atoms with Gasteiger partial charge in [0.25, 0.3) is 0 Å². The molecule has 0 radical (unpaired) electrons. The fourth-order valence-corrected chi connectivity index (χ4v) is 3.98. The Kier molecular flexibility index (Phi) is 7.54. The highest BCUT2D eigenvalue weighted by Gasteiger charge is 2.29. The maximum absolute atomic E-state index is 12.7. The normalized spacial score (nSPS) is 20.1. The van der Waals surface area contributed by atoms with E-state index >= 15 is 0 Å². The van der Waals surface area contributed by atoms with Gasteiger partial charge >= 0.3 is 12.2 Å². The number of piperidine rings is 1. The third-order valence-corrected chi connectivity index (χ3v) is 5.63. The summed E-state index contributed by atoms with van der Waals surface area (Å²) in [5.41, 5.74) is 0.963. The smallest absolute Gasteiger partial charge is 0.410 e. The number of amides is 2. The Bertz CT molecular complexity index is 634. The first-order chi connectivity index (χ1) is 13.6. The average molecular weight is 389 g/mol. The van der Waals surface area contributed by atoms with Crippen molar-refractivity contribution in [3.05, 3.63) is 35.9 Å². The topological polar surface area (TPSA) is 73.3 Å². The van der Waals surface area contributed by atoms with Crippen molar-refractivity contribution in [2.24, 2.45) is 5.92 Å². The van der Waals surface area contributed by atoms with Gasteiger partial charge in [0.15, 0.2) is 0 Å². The summed E-state index contributed by atoms with van der Waals surface area (Å²) in [4.78, 5) is 29.5. The van der Waals surface area contributed by atoms with Gasteiger partial charge in [-0.3, -0.25) is 0 Å². The Morgan fingerprint density at radius 1 is 1.11 bits per heavy atom. The van der Waals surface area contributed by atoms with E-state index in [1.807, 2.05) is 30.3 Å². The third kappa shape index (κ3) is 6.12. The summed E-state index contributed by atoms with van der Waals surface area (Å²) in [5, 5.41) is 9.17. The molecule has 0 aromatic heterocycles. The van der Waals surface area contributed by atoms with E-state index in [4.69, 9.17) is 4.74 Å². The van der Waals surface area contributed by atoms with Crippen LogP contribution in [0.3, 0.4) is 0 Å². The minimum Gasteiger partial charge on any atom is -0.465 e. The fourth-order valence-electron chi connectivity index (χ4n) is 3.98. The van der Waals surface area contributed by atoms with Crippen LogP contribution in [0.1, 0.15) is 31.2 Å². The molecule has 0 aliphatic carbocycles. The molecule has 1 atom stereocenters. The average Bonchev–Trinajstić information content (AvgIpc) is 3.20. The maximum atomic E-state index is 12.7. The Morgan fingerprint density at radius 2 is 1.86 bits per heavy atom. The second kappa shape index (κ2) is 10.3. The number of carbonyl (C=O) groups excluding carboxylic acids is 1. The van der Waals surface area contributed by atoms with Crippen molar-refractivity contribution in [3.63, 3.8) is 0 Å². The van der Waals surface area contributed by atoms with Gasteiger partial charge in [0.2, 0.25) is 0 Å². The van der Waals surface area contributed by atoms with Gasteiger partial charge < -0.3 is 24.5 Å². The molecule has 1 aromatic rings. The van der Waals surface area contributed by atoms with Crippen molar-refractivity contribution in [1.29, 1.82) is 0 Å². The van der Waals surface area contributed by atoms with Gasteiger partial charge in [0.1, 0.15) is 6.61 Å². The van der Waals surface area contributed by atoms with Crippen LogP contribution in [-0.2, 0) is 11.3 Å². The van der Waals surface area contributed by atoms with Crippen molar-refractivity contribution in [2.75, 3.05) is 45.8 Å². The zero-order chi connectivity index (χ0) is 19.8. The highest BCUT2D eigenvalue weighted by Crippen LogP contribution is 2.18. The van der Waals surface area contributed by atoms with E-state index in [0.29, 0.717) is 26.2 Å². The molecule has 0 bridgehead atoms. The number of hydrogen-bond acceptors (Lipinski definition) is 4. The van der Waals surface area contributed by atoms with Crippen molar-refractivity contribution in [2.45, 2.75) is 32.3 Å². The molecular weight excluding hydrogens is 358 g/mol. The van der Waals surface area contributed by atoms with Crippen LogP contribution in [-0.4, -0.2) is 77.8 Å². The van der Waals surface area contributed by atoms with E-state index in [0.717, 1.165) is 31.6 Å². The van der Waals surface area contributed by atoms with Crippen LogP contribution in [0, 0.1) is 5.92 Å². The summed E-state index contributed by atoms with van der Waals surface area (Å²) in [5.74, 6) is 0.168. The van der Waals surface area contributed by atoms with Gasteiger partial charge in [-0.15, -0.1) is 0 Å². The minimum atomic E-state index is -0.881. The number of hydrogen-bond donors (Lipinski definition) is 1. The SMILES string of the molecule is O=C(O)N1CCC(CN(CCN2CCCCC2)C(=O)OCc2ccccc2)C1. The van der Waals surface area contributed by atoms with Crippen molar-refractivity contribution in [3.8, 4) is 0 Å². The lowest BCUT2D eigenvalue weighted by atomic mass is 10.1. The van der Waals surface area contributed by atoms with E-state index in [1.54, 1.807) is 4.90 Å². The van der Waals surface area contributed by atoms with Gasteiger partial charge in [0.05, 0.1) is 0 Å². The van der Waals surface area contributed by atoms with Crippen LogP contribution >= 0.6 is 0 Å². The Morgan fingerprint density at radius 3 is 2.54 bits per heavy atom. The monoisotopic (exact) mass is 389 g/mol. The lowest BCUT2D eigenvalue weighted by Crippen LogP contribution is -2.43. The summed E-state index contributed by atoms with van der Waals surface area (Å²) in [6.45, 7) is 5.47. The maximum Gasteiger partial charge on any atom is 0.410 e. The summed E-state index contributed by atoms with van der Waals surface area (Å²) in [7, 11) is 0. The quantitative estimate of drug-likeness (QED) is 0.776. The van der Waals surface area contributed by atoms with E-state index in [1.165, 1.54) is 24.2 Å². The number of nitrogens with zero attached hydrogens (tertiary/aromatic N) is 3. The first kappa shape index (κ1) is 20.5. The van der Waals surface area contributed by atoms with Crippen LogP contribution in [0.25, 0.3) is 0 Å². The first-order valence-corrected chi connectivity index (χ1v) is 10.3. The number of benzene rings is 1. The molecule has 2 aliphatic rings. The van der Waals surface area contributed by atoms with Crippen molar-refractivity contribution >= 4 is 12.2 Å². The highest BCUT2D eigenvalue weighted by molar-refractivity contribution is 5.68. The molecule has 1 unspecified atom stereocenters. The summed E-state index contributed by atoms with van der Waals surface area (Å²) in [6, 6.07) is 9.66. The fraction of sp³-hybridized carbons (Fsp3) is 0.619. The molecule has 2 fully saturated rings. The third-order valence-electron chi connectivity index (χ3n) is 5.63. The highest BCUT2D eigenvalue weighted by atomic mass is 16.6. The van der Waals surface area contributed by atoms with Gasteiger partial charge in [-0.25, -0.2) is 9.59 Å². The minimum absolute atomic E-state index is 0.168. The lowest BCUT2D eigenvalue weighted by Gasteiger charge is -2.30. The number of rotatable bonds is 7. The zero-order valence-electron chi connectivity index (χ0n) is 16.5. The molecule has 1 N–H and O–H groups in total. The molecule has 0 saturated carbocycles. The molecule has 2 amide bonds. The van der Waals surface area contributed by atoms with E-state index in [2.05, 4.69) is 4.90 Å². The summed E-state index contributed by atoms with van der Waals surface area (Å²) in [6.07, 6.45) is 3.32. The second-order valence-electron chi connectivity index (χ2n) is 7.77. The Balaban J connectivity index is 1.54. The largest absolute Gasteiger partial charge is 0.465 e. The molecule has 2 saturated heterocycles. The number of ether oxygens (including phenoxy) is 1. The zero-order valence-corrected chi connectivity index (χ0v) is 16.5. The van der Waals surface area contributed by atoms with Crippen molar-refractivity contribution in [1.82, 2.24) is 14.7 Å². The summed E-state index contributed by atoms with van der Waals surface area (Å²) >= 11 is 0. The molecule has 1 aromatic carbocycles. The Labute approximate surface area is 166 Å². The predicted octanol–water partition coefficient (Wildman–Crippen LogP) is 3.11. The lowest BCUT2D eigenvalue weighted by molar-refractivity contribution is 0.0839. The molecule has 154 valence electrons. The van der Waals surface area contributed by atoms with Crippen LogP contribution in [0.2, 0.25) is 0 Å². The van der Waals surface area contributed by atoms with Crippen LogP contribution < -0.4 is 0 Å². The van der Waals surface area contributed by atoms with E-state index in [9.17, 15) is 14.7 Å². The molecule has 0 spiro atoms. The molecular formula is C21H31N3O4. The number of carboxylic acid groups (broad SMARTS) is 1. The predicted molar refractivity (Wildman–Crippen MR) is 106 cm³/mol. The second-order valence-corrected chi connectivity index (χ2v) is 7.77. The first-order valence-electron chi connectivity index (χ1n) is 10.3. The van der Waals surface area contributed by atoms with E-state index in [-0.39, 0.29) is 18.6 Å². The molecule has 7 heteroatoms. The molecule has 2 heterocycles. The standard InChI is InChI=1S/C21H31N3O4/c25-20(26)23-12-9-19(15-23)16-24(14-13-22-10-5-2-6-11-22)21(27)28-17-18-7-3-1-4-8-18/h1,3-4,7-8,19H,2,5-6,9-17H2,(H,25,26). The molecule has 7 nitrogen and oxygen atoms in total. The molecule has 28 heavy (non-hydrogen) atoms. The van der Waals surface area contributed by atoms with Crippen LogP contribution in [0.4, 0.5) is 9.59 Å². The molecule has 3 rings (SSSR count). The number of carbonyl (C=O) groups is 2. The van der Waals surface area contributed by atoms with Crippen molar-refractivity contribution < 1.29 is 19.4 Å². The summed E-state index contributed by atoms with van der Waals surface area (Å²) < 4.78 is 5.55. The van der Waals surface area contributed by atoms with Crippen LogP contribution in [0.5, 0.6) is 0 Å². The van der Waals surface area contributed by atoms with Crippen LogP contribution in [0.15, 0.2) is 30.3 Å². The number of likely N-dealkylation sites (tertiary alicyclic amines) is 2. The van der Waals surface area contributed by atoms with E-state index < -0.39 is 6.09 Å². The molecule has 2 aliphatic heterocycles. The van der Waals surface area contributed by atoms with Gasteiger partial charge in [-0.1, -0.05) is 36.8 Å². The van der Waals surface area contributed by atoms with Gasteiger partial charge in [-0.2, -0.15) is 0 Å². The van der Waals surface area contributed by atoms with Gasteiger partial charge in [0, 0.05) is 32.7 Å². The van der Waals surface area contributed by atoms with Gasteiger partial charge in [-0.05, 0) is 43.8 Å².